The second-order valence-corrected chi connectivity index (χ2v) is 6.86. The molecule has 0 bridgehead atoms. The van der Waals surface area contributed by atoms with Gasteiger partial charge in [0.25, 0.3) is 10.2 Å². The van der Waals surface area contributed by atoms with Gasteiger partial charge in [-0.2, -0.15) is 17.4 Å². The molecule has 1 aromatic rings. The molecule has 7 nitrogen and oxygen atoms in total. The molecule has 0 unspecified atom stereocenters. The van der Waals surface area contributed by atoms with Crippen LogP contribution in [0.3, 0.4) is 0 Å². The quantitative estimate of drug-likeness (QED) is 0.627. The SMILES string of the molecule is CCCNCCCN(C)S(=O)(=O)NCc1nc(C)c(C)o1. The highest BCUT2D eigenvalue weighted by Gasteiger charge is 2.18. The van der Waals surface area contributed by atoms with Crippen LogP contribution in [0.15, 0.2) is 4.42 Å². The number of aryl methyl sites for hydroxylation is 2. The lowest BCUT2D eigenvalue weighted by Gasteiger charge is -2.17. The average molecular weight is 318 g/mol. The summed E-state index contributed by atoms with van der Waals surface area (Å²) in [4.78, 5) is 4.15. The lowest BCUT2D eigenvalue weighted by atomic mass is 10.4. The van der Waals surface area contributed by atoms with E-state index in [0.717, 1.165) is 31.6 Å². The number of aromatic nitrogens is 1. The van der Waals surface area contributed by atoms with Gasteiger partial charge in [-0.25, -0.2) is 4.98 Å². The fourth-order valence-corrected chi connectivity index (χ4v) is 2.62. The van der Waals surface area contributed by atoms with Crippen molar-refractivity contribution in [3.05, 3.63) is 17.3 Å². The third-order valence-corrected chi connectivity index (χ3v) is 4.65. The molecule has 0 aliphatic rings. The summed E-state index contributed by atoms with van der Waals surface area (Å²) in [6.45, 7) is 8.02. The summed E-state index contributed by atoms with van der Waals surface area (Å²) in [7, 11) is -1.94. The molecule has 0 radical (unpaired) electrons. The smallest absolute Gasteiger partial charge is 0.279 e. The number of nitrogens with zero attached hydrogens (tertiary/aromatic N) is 2. The summed E-state index contributed by atoms with van der Waals surface area (Å²) in [6.07, 6.45) is 1.85. The summed E-state index contributed by atoms with van der Waals surface area (Å²) in [5.41, 5.74) is 0.777. The lowest BCUT2D eigenvalue weighted by molar-refractivity contribution is 0.430. The van der Waals surface area contributed by atoms with Gasteiger partial charge in [0, 0.05) is 13.6 Å². The predicted molar refractivity (Wildman–Crippen MR) is 82.1 cm³/mol. The second-order valence-electron chi connectivity index (χ2n) is 5.00. The Hall–Kier alpha value is -0.960. The highest BCUT2D eigenvalue weighted by molar-refractivity contribution is 7.87. The highest BCUT2D eigenvalue weighted by Crippen LogP contribution is 2.08. The summed E-state index contributed by atoms with van der Waals surface area (Å²) >= 11 is 0. The first-order valence-electron chi connectivity index (χ1n) is 7.21. The minimum atomic E-state index is -3.50. The maximum atomic E-state index is 12.0. The molecule has 0 aliphatic carbocycles. The highest BCUT2D eigenvalue weighted by atomic mass is 32.2. The molecule has 8 heteroatoms. The zero-order valence-corrected chi connectivity index (χ0v) is 14.1. The minimum absolute atomic E-state index is 0.0649. The first-order valence-corrected chi connectivity index (χ1v) is 8.65. The van der Waals surface area contributed by atoms with Gasteiger partial charge in [-0.3, -0.25) is 0 Å². The van der Waals surface area contributed by atoms with E-state index in [1.807, 2.05) is 6.92 Å². The van der Waals surface area contributed by atoms with Crippen LogP contribution >= 0.6 is 0 Å². The lowest BCUT2D eigenvalue weighted by Crippen LogP contribution is -2.39. The number of oxazole rings is 1. The Labute approximate surface area is 127 Å². The number of rotatable bonds is 10. The molecule has 21 heavy (non-hydrogen) atoms. The summed E-state index contributed by atoms with van der Waals surface area (Å²) in [6, 6.07) is 0. The van der Waals surface area contributed by atoms with Crippen LogP contribution in [0.5, 0.6) is 0 Å². The maximum absolute atomic E-state index is 12.0. The molecule has 2 N–H and O–H groups in total. The summed E-state index contributed by atoms with van der Waals surface area (Å²) < 4.78 is 33.2. The molecule has 1 rings (SSSR count). The van der Waals surface area contributed by atoms with Crippen LogP contribution in [-0.4, -0.2) is 44.4 Å². The van der Waals surface area contributed by atoms with E-state index in [2.05, 4.69) is 21.9 Å². The van der Waals surface area contributed by atoms with Crippen LogP contribution < -0.4 is 10.0 Å². The first-order chi connectivity index (χ1) is 9.86. The molecule has 0 aliphatic heterocycles. The molecule has 122 valence electrons. The molecular weight excluding hydrogens is 292 g/mol. The molecule has 1 heterocycles. The van der Waals surface area contributed by atoms with Crippen LogP contribution in [0, 0.1) is 13.8 Å². The third kappa shape index (κ3) is 6.13. The van der Waals surface area contributed by atoms with Crippen LogP contribution in [0.1, 0.15) is 37.1 Å². The van der Waals surface area contributed by atoms with Gasteiger partial charge >= 0.3 is 0 Å². The number of hydrogen-bond acceptors (Lipinski definition) is 5. The normalized spacial score (nSPS) is 12.2. The summed E-state index contributed by atoms with van der Waals surface area (Å²) in [5, 5.41) is 3.24. The van der Waals surface area contributed by atoms with E-state index in [1.54, 1.807) is 14.0 Å². The number of nitrogens with one attached hydrogen (secondary N) is 2. The molecule has 0 spiro atoms. The maximum Gasteiger partial charge on any atom is 0.279 e. The zero-order chi connectivity index (χ0) is 15.9. The van der Waals surface area contributed by atoms with Gasteiger partial charge in [0.1, 0.15) is 5.76 Å². The molecule has 0 aromatic carbocycles. The monoisotopic (exact) mass is 318 g/mol. The van der Waals surface area contributed by atoms with E-state index >= 15 is 0 Å². The van der Waals surface area contributed by atoms with E-state index in [-0.39, 0.29) is 6.54 Å². The first kappa shape index (κ1) is 18.1. The molecule has 0 atom stereocenters. The van der Waals surface area contributed by atoms with E-state index < -0.39 is 10.2 Å². The predicted octanol–water partition coefficient (Wildman–Crippen LogP) is 0.947. The van der Waals surface area contributed by atoms with Gasteiger partial charge in [0.05, 0.1) is 12.2 Å². The van der Waals surface area contributed by atoms with Gasteiger partial charge < -0.3 is 9.73 Å². The molecule has 0 amide bonds. The Morgan fingerprint density at radius 2 is 2.00 bits per heavy atom. The van der Waals surface area contributed by atoms with E-state index in [9.17, 15) is 8.42 Å². The van der Waals surface area contributed by atoms with E-state index in [0.29, 0.717) is 18.2 Å². The largest absolute Gasteiger partial charge is 0.444 e. The zero-order valence-electron chi connectivity index (χ0n) is 13.3. The van der Waals surface area contributed by atoms with Crippen LogP contribution in [-0.2, 0) is 16.8 Å². The van der Waals surface area contributed by atoms with Crippen molar-refractivity contribution in [3.8, 4) is 0 Å². The van der Waals surface area contributed by atoms with Gasteiger partial charge in [-0.15, -0.1) is 0 Å². The van der Waals surface area contributed by atoms with Crippen molar-refractivity contribution >= 4 is 10.2 Å². The van der Waals surface area contributed by atoms with Crippen LogP contribution in [0.25, 0.3) is 0 Å². The molecule has 0 fully saturated rings. The van der Waals surface area contributed by atoms with E-state index in [1.165, 1.54) is 4.31 Å². The fourth-order valence-electron chi connectivity index (χ4n) is 1.73. The standard InChI is InChI=1S/C13H26N4O3S/c1-5-7-14-8-6-9-17(4)21(18,19)15-10-13-16-11(2)12(3)20-13/h14-15H,5-10H2,1-4H3. The average Bonchev–Trinajstić information content (AvgIpc) is 2.75. The Bertz CT molecular complexity index is 508. The van der Waals surface area contributed by atoms with Gasteiger partial charge in [0.15, 0.2) is 0 Å². The second kappa shape index (κ2) is 8.47. The van der Waals surface area contributed by atoms with Crippen molar-refractivity contribution in [2.24, 2.45) is 0 Å². The van der Waals surface area contributed by atoms with Crippen molar-refractivity contribution in [2.45, 2.75) is 40.2 Å². The molecule has 0 saturated heterocycles. The van der Waals surface area contributed by atoms with Crippen molar-refractivity contribution in [3.63, 3.8) is 0 Å². The Balaban J connectivity index is 2.37. The van der Waals surface area contributed by atoms with Crippen molar-refractivity contribution in [2.75, 3.05) is 26.7 Å². The third-order valence-electron chi connectivity index (χ3n) is 3.14. The topological polar surface area (TPSA) is 87.5 Å². The van der Waals surface area contributed by atoms with Gasteiger partial charge in [-0.1, -0.05) is 6.92 Å². The van der Waals surface area contributed by atoms with E-state index in [4.69, 9.17) is 4.42 Å². The number of hydrogen-bond donors (Lipinski definition) is 2. The van der Waals surface area contributed by atoms with Crippen LogP contribution in [0.4, 0.5) is 0 Å². The van der Waals surface area contributed by atoms with Gasteiger partial charge in [-0.05, 0) is 39.8 Å². The van der Waals surface area contributed by atoms with Crippen molar-refractivity contribution < 1.29 is 12.8 Å². The van der Waals surface area contributed by atoms with Crippen molar-refractivity contribution in [1.82, 2.24) is 19.3 Å². The minimum Gasteiger partial charge on any atom is -0.444 e. The van der Waals surface area contributed by atoms with Crippen molar-refractivity contribution in [1.29, 1.82) is 0 Å². The van der Waals surface area contributed by atoms with Gasteiger partial charge in [0.2, 0.25) is 5.89 Å². The fraction of sp³-hybridized carbons (Fsp3) is 0.769. The molecule has 0 saturated carbocycles. The Kier molecular flexibility index (Phi) is 7.30. The van der Waals surface area contributed by atoms with Crippen LogP contribution in [0.2, 0.25) is 0 Å². The Morgan fingerprint density at radius 1 is 1.29 bits per heavy atom. The summed E-state index contributed by atoms with van der Waals surface area (Å²) in [5.74, 6) is 1.09. The molecule has 1 aromatic heterocycles. The Morgan fingerprint density at radius 3 is 2.57 bits per heavy atom. The molecular formula is C13H26N4O3S.